The first-order chi connectivity index (χ1) is 7.65. The van der Waals surface area contributed by atoms with Gasteiger partial charge >= 0.3 is 0 Å². The van der Waals surface area contributed by atoms with Crippen LogP contribution < -0.4 is 15.8 Å². The molecular weight excluding hydrogens is 208 g/mol. The molecule has 0 bridgehead atoms. The molecule has 6 nitrogen and oxygen atoms in total. The fraction of sp³-hybridized carbons (Fsp3) is 0.600. The molecule has 0 aromatic carbocycles. The summed E-state index contributed by atoms with van der Waals surface area (Å²) in [5.41, 5.74) is 5.54. The molecule has 3 N–H and O–H groups in total. The summed E-state index contributed by atoms with van der Waals surface area (Å²) in [6.07, 6.45) is 0.892. The molecule has 0 saturated carbocycles. The second-order valence-corrected chi connectivity index (χ2v) is 3.48. The van der Waals surface area contributed by atoms with Crippen LogP contribution in [0.3, 0.4) is 0 Å². The molecule has 1 aromatic heterocycles. The minimum Gasteiger partial charge on any atom is -0.481 e. The number of nitrogens with one attached hydrogen (secondary N) is 1. The van der Waals surface area contributed by atoms with E-state index in [1.54, 1.807) is 20.3 Å². The van der Waals surface area contributed by atoms with Gasteiger partial charge in [0.05, 0.1) is 7.11 Å². The molecule has 1 heterocycles. The van der Waals surface area contributed by atoms with E-state index < -0.39 is 0 Å². The number of methoxy groups -OCH3 is 2. The Labute approximate surface area is 95.2 Å². The van der Waals surface area contributed by atoms with Crippen molar-refractivity contribution in [1.29, 1.82) is 0 Å². The van der Waals surface area contributed by atoms with Crippen molar-refractivity contribution in [2.24, 2.45) is 0 Å². The molecule has 0 spiro atoms. The van der Waals surface area contributed by atoms with Gasteiger partial charge in [0.2, 0.25) is 11.8 Å². The molecule has 0 aliphatic rings. The number of aromatic nitrogens is 2. The number of nitrogens with two attached hydrogens (primary N) is 1. The number of rotatable bonds is 6. The van der Waals surface area contributed by atoms with Gasteiger partial charge in [0.15, 0.2) is 0 Å². The predicted octanol–water partition coefficient (Wildman–Crippen LogP) is 0.904. The second-order valence-electron chi connectivity index (χ2n) is 3.48. The smallest absolute Gasteiger partial charge is 0.225 e. The highest BCUT2D eigenvalue weighted by Crippen LogP contribution is 2.15. The van der Waals surface area contributed by atoms with Crippen LogP contribution in [-0.2, 0) is 4.74 Å². The van der Waals surface area contributed by atoms with Crippen LogP contribution in [0.2, 0.25) is 0 Å². The Hall–Kier alpha value is -1.56. The Kier molecular flexibility index (Phi) is 4.78. The molecule has 0 aliphatic heterocycles. The molecule has 0 amide bonds. The molecule has 16 heavy (non-hydrogen) atoms. The molecule has 0 fully saturated rings. The van der Waals surface area contributed by atoms with Crippen LogP contribution in [0, 0.1) is 0 Å². The third-order valence-corrected chi connectivity index (χ3v) is 2.08. The summed E-state index contributed by atoms with van der Waals surface area (Å²) in [7, 11) is 3.22. The summed E-state index contributed by atoms with van der Waals surface area (Å²) in [5, 5.41) is 3.20. The molecule has 1 atom stereocenters. The van der Waals surface area contributed by atoms with Crippen LogP contribution in [0.4, 0.5) is 11.8 Å². The van der Waals surface area contributed by atoms with Crippen molar-refractivity contribution >= 4 is 11.8 Å². The summed E-state index contributed by atoms with van der Waals surface area (Å²) in [4.78, 5) is 7.97. The van der Waals surface area contributed by atoms with Gasteiger partial charge < -0.3 is 20.5 Å². The van der Waals surface area contributed by atoms with Gasteiger partial charge in [-0.1, -0.05) is 0 Å². The van der Waals surface area contributed by atoms with Crippen LogP contribution in [0.1, 0.15) is 13.3 Å². The SMILES string of the molecule is COCCC(C)Nc1cc(OC)nc(N)n1. The summed E-state index contributed by atoms with van der Waals surface area (Å²) >= 11 is 0. The van der Waals surface area contributed by atoms with Gasteiger partial charge in [-0.25, -0.2) is 0 Å². The molecule has 0 saturated heterocycles. The van der Waals surface area contributed by atoms with E-state index in [1.807, 2.05) is 6.92 Å². The first kappa shape index (κ1) is 12.5. The number of nitrogen functional groups attached to an aromatic ring is 1. The molecule has 0 radical (unpaired) electrons. The van der Waals surface area contributed by atoms with Crippen LogP contribution in [0.5, 0.6) is 5.88 Å². The van der Waals surface area contributed by atoms with Crippen molar-refractivity contribution in [1.82, 2.24) is 9.97 Å². The summed E-state index contributed by atoms with van der Waals surface area (Å²) in [6.45, 7) is 2.75. The van der Waals surface area contributed by atoms with Crippen molar-refractivity contribution in [2.75, 3.05) is 31.9 Å². The van der Waals surface area contributed by atoms with Crippen molar-refractivity contribution in [2.45, 2.75) is 19.4 Å². The lowest BCUT2D eigenvalue weighted by atomic mass is 10.2. The van der Waals surface area contributed by atoms with Crippen LogP contribution in [0.25, 0.3) is 0 Å². The maximum atomic E-state index is 5.54. The van der Waals surface area contributed by atoms with Gasteiger partial charge in [-0.3, -0.25) is 0 Å². The Bertz CT molecular complexity index is 333. The quantitative estimate of drug-likeness (QED) is 0.750. The van der Waals surface area contributed by atoms with Gasteiger partial charge in [-0.15, -0.1) is 0 Å². The summed E-state index contributed by atoms with van der Waals surface area (Å²) < 4.78 is 10.00. The standard InChI is InChI=1S/C10H18N4O2/c1-7(4-5-15-2)12-8-6-9(16-3)14-10(11)13-8/h6-7H,4-5H2,1-3H3,(H3,11,12,13,14). The zero-order valence-electron chi connectivity index (χ0n) is 9.86. The monoisotopic (exact) mass is 226 g/mol. The molecule has 1 aromatic rings. The first-order valence-electron chi connectivity index (χ1n) is 5.09. The van der Waals surface area contributed by atoms with Crippen molar-refractivity contribution in [3.05, 3.63) is 6.07 Å². The highest BCUT2D eigenvalue weighted by Gasteiger charge is 2.06. The lowest BCUT2D eigenvalue weighted by molar-refractivity contribution is 0.191. The molecule has 1 rings (SSSR count). The second kappa shape index (κ2) is 6.12. The minimum atomic E-state index is 0.195. The fourth-order valence-corrected chi connectivity index (χ4v) is 1.24. The van der Waals surface area contributed by atoms with Crippen LogP contribution in [-0.4, -0.2) is 36.8 Å². The maximum absolute atomic E-state index is 5.54. The molecule has 6 heteroatoms. The third kappa shape index (κ3) is 3.90. The van der Waals surface area contributed by atoms with Gasteiger partial charge in [-0.2, -0.15) is 9.97 Å². The van der Waals surface area contributed by atoms with E-state index in [-0.39, 0.29) is 12.0 Å². The Morgan fingerprint density at radius 3 is 2.81 bits per heavy atom. The Balaban J connectivity index is 2.61. The van der Waals surface area contributed by atoms with E-state index in [4.69, 9.17) is 15.2 Å². The average Bonchev–Trinajstić information content (AvgIpc) is 2.25. The normalized spacial score (nSPS) is 12.2. The summed E-state index contributed by atoms with van der Waals surface area (Å²) in [6, 6.07) is 1.96. The molecule has 0 aliphatic carbocycles. The number of hydrogen-bond acceptors (Lipinski definition) is 6. The van der Waals surface area contributed by atoms with Crippen LogP contribution >= 0.6 is 0 Å². The third-order valence-electron chi connectivity index (χ3n) is 2.08. The topological polar surface area (TPSA) is 82.3 Å². The van der Waals surface area contributed by atoms with E-state index in [0.717, 1.165) is 6.42 Å². The van der Waals surface area contributed by atoms with Crippen molar-refractivity contribution in [3.8, 4) is 5.88 Å². The lowest BCUT2D eigenvalue weighted by Crippen LogP contribution is -2.18. The van der Waals surface area contributed by atoms with Crippen LogP contribution in [0.15, 0.2) is 6.07 Å². The van der Waals surface area contributed by atoms with E-state index in [0.29, 0.717) is 18.3 Å². The van der Waals surface area contributed by atoms with Crippen molar-refractivity contribution < 1.29 is 9.47 Å². The number of ether oxygens (including phenoxy) is 2. The van der Waals surface area contributed by atoms with Gasteiger partial charge in [0, 0.05) is 25.8 Å². The molecular formula is C10H18N4O2. The van der Waals surface area contributed by atoms with Gasteiger partial charge in [0.1, 0.15) is 5.82 Å². The first-order valence-corrected chi connectivity index (χ1v) is 5.09. The van der Waals surface area contributed by atoms with E-state index in [1.165, 1.54) is 0 Å². The van der Waals surface area contributed by atoms with E-state index >= 15 is 0 Å². The Morgan fingerprint density at radius 2 is 2.19 bits per heavy atom. The van der Waals surface area contributed by atoms with Crippen molar-refractivity contribution in [3.63, 3.8) is 0 Å². The summed E-state index contributed by atoms with van der Waals surface area (Å²) in [5.74, 6) is 1.31. The zero-order chi connectivity index (χ0) is 12.0. The number of nitrogens with zero attached hydrogens (tertiary/aromatic N) is 2. The minimum absolute atomic E-state index is 0.195. The molecule has 1 unspecified atom stereocenters. The highest BCUT2D eigenvalue weighted by atomic mass is 16.5. The van der Waals surface area contributed by atoms with E-state index in [2.05, 4.69) is 15.3 Å². The number of anilines is 2. The Morgan fingerprint density at radius 1 is 1.44 bits per heavy atom. The number of hydrogen-bond donors (Lipinski definition) is 2. The maximum Gasteiger partial charge on any atom is 0.225 e. The lowest BCUT2D eigenvalue weighted by Gasteiger charge is -2.14. The fourth-order valence-electron chi connectivity index (χ4n) is 1.24. The largest absolute Gasteiger partial charge is 0.481 e. The molecule has 90 valence electrons. The average molecular weight is 226 g/mol. The van der Waals surface area contributed by atoms with E-state index in [9.17, 15) is 0 Å². The zero-order valence-corrected chi connectivity index (χ0v) is 9.86. The van der Waals surface area contributed by atoms with Gasteiger partial charge in [-0.05, 0) is 13.3 Å². The van der Waals surface area contributed by atoms with Gasteiger partial charge in [0.25, 0.3) is 0 Å². The predicted molar refractivity (Wildman–Crippen MR) is 62.6 cm³/mol. The highest BCUT2D eigenvalue weighted by molar-refractivity contribution is 5.43.